The van der Waals surface area contributed by atoms with Crippen molar-refractivity contribution in [2.75, 3.05) is 11.4 Å². The molecule has 0 aliphatic heterocycles. The highest BCUT2D eigenvalue weighted by Gasteiger charge is 2.24. The van der Waals surface area contributed by atoms with E-state index in [1.807, 2.05) is 19.1 Å². The molecule has 1 heterocycles. The zero-order valence-corrected chi connectivity index (χ0v) is 12.3. The second kappa shape index (κ2) is 6.59. The second-order valence-corrected chi connectivity index (χ2v) is 5.39. The van der Waals surface area contributed by atoms with E-state index >= 15 is 0 Å². The van der Waals surface area contributed by atoms with Crippen LogP contribution >= 0.6 is 0 Å². The van der Waals surface area contributed by atoms with Crippen LogP contribution in [0.15, 0.2) is 17.3 Å². The number of anilines is 1. The third-order valence-corrected chi connectivity index (χ3v) is 4.03. The minimum absolute atomic E-state index is 0.127. The molecule has 0 amide bonds. The van der Waals surface area contributed by atoms with E-state index in [1.165, 1.54) is 32.1 Å². The van der Waals surface area contributed by atoms with Crippen molar-refractivity contribution in [1.82, 2.24) is 4.98 Å². The van der Waals surface area contributed by atoms with E-state index in [4.69, 9.17) is 10.9 Å². The fourth-order valence-corrected chi connectivity index (χ4v) is 2.99. The normalized spacial score (nSPS) is 17.2. The lowest BCUT2D eigenvalue weighted by molar-refractivity contribution is 0.318. The number of hydrogen-bond donors (Lipinski definition) is 2. The highest BCUT2D eigenvalue weighted by Crippen LogP contribution is 2.28. The summed E-state index contributed by atoms with van der Waals surface area (Å²) < 4.78 is 0. The fourth-order valence-electron chi connectivity index (χ4n) is 2.99. The Bertz CT molecular complexity index is 481. The molecule has 20 heavy (non-hydrogen) atoms. The molecule has 0 bridgehead atoms. The van der Waals surface area contributed by atoms with Gasteiger partial charge in [0, 0.05) is 18.3 Å². The van der Waals surface area contributed by atoms with Crippen LogP contribution in [0.1, 0.15) is 50.3 Å². The first-order valence-corrected chi connectivity index (χ1v) is 7.39. The van der Waals surface area contributed by atoms with Gasteiger partial charge in [0.25, 0.3) is 0 Å². The van der Waals surface area contributed by atoms with Crippen molar-refractivity contribution in [3.8, 4) is 0 Å². The van der Waals surface area contributed by atoms with Crippen molar-refractivity contribution < 1.29 is 5.21 Å². The molecular formula is C15H24N4O. The third-order valence-electron chi connectivity index (χ3n) is 4.03. The molecule has 3 N–H and O–H groups in total. The van der Waals surface area contributed by atoms with Crippen LogP contribution in [-0.4, -0.2) is 28.6 Å². The molecule has 2 rings (SSSR count). The molecule has 0 unspecified atom stereocenters. The largest absolute Gasteiger partial charge is 0.409 e. The summed E-state index contributed by atoms with van der Waals surface area (Å²) in [6.07, 6.45) is 6.25. The molecule has 0 atom stereocenters. The Morgan fingerprint density at radius 1 is 1.40 bits per heavy atom. The molecule has 5 heteroatoms. The average molecular weight is 276 g/mol. The maximum atomic E-state index is 8.96. The van der Waals surface area contributed by atoms with Gasteiger partial charge in [-0.25, -0.2) is 4.98 Å². The summed E-state index contributed by atoms with van der Waals surface area (Å²) in [4.78, 5) is 6.95. The molecular weight excluding hydrogens is 252 g/mol. The van der Waals surface area contributed by atoms with Gasteiger partial charge in [0.05, 0.1) is 5.56 Å². The molecule has 0 saturated heterocycles. The van der Waals surface area contributed by atoms with E-state index in [9.17, 15) is 0 Å². The third kappa shape index (κ3) is 3.03. The lowest BCUT2D eigenvalue weighted by atomic mass is 9.94. The summed E-state index contributed by atoms with van der Waals surface area (Å²) in [5.41, 5.74) is 7.46. The maximum Gasteiger partial charge on any atom is 0.173 e. The molecule has 110 valence electrons. The van der Waals surface area contributed by atoms with Crippen LogP contribution in [0.3, 0.4) is 0 Å². The van der Waals surface area contributed by atoms with Crippen molar-refractivity contribution in [2.24, 2.45) is 10.9 Å². The summed E-state index contributed by atoms with van der Waals surface area (Å²) in [5, 5.41) is 12.1. The van der Waals surface area contributed by atoms with Crippen LogP contribution in [0.2, 0.25) is 0 Å². The Morgan fingerprint density at radius 2 is 2.10 bits per heavy atom. The van der Waals surface area contributed by atoms with Crippen molar-refractivity contribution in [2.45, 2.75) is 52.0 Å². The van der Waals surface area contributed by atoms with E-state index in [0.717, 1.165) is 18.1 Å². The van der Waals surface area contributed by atoms with Gasteiger partial charge in [-0.3, -0.25) is 0 Å². The van der Waals surface area contributed by atoms with Gasteiger partial charge in [0.2, 0.25) is 0 Å². The molecule has 1 aromatic rings. The summed E-state index contributed by atoms with van der Waals surface area (Å²) in [7, 11) is 0. The van der Waals surface area contributed by atoms with E-state index in [1.54, 1.807) is 0 Å². The first-order chi connectivity index (χ1) is 9.67. The molecule has 1 saturated carbocycles. The van der Waals surface area contributed by atoms with Crippen LogP contribution in [0.25, 0.3) is 0 Å². The number of pyridine rings is 1. The summed E-state index contributed by atoms with van der Waals surface area (Å²) in [6, 6.07) is 4.29. The molecule has 0 aromatic carbocycles. The molecule has 5 nitrogen and oxygen atoms in total. The van der Waals surface area contributed by atoms with Gasteiger partial charge < -0.3 is 15.8 Å². The van der Waals surface area contributed by atoms with Gasteiger partial charge in [0.15, 0.2) is 5.84 Å². The summed E-state index contributed by atoms with van der Waals surface area (Å²) >= 11 is 0. The minimum Gasteiger partial charge on any atom is -0.409 e. The van der Waals surface area contributed by atoms with Gasteiger partial charge in [0.1, 0.15) is 5.82 Å². The number of aryl methyl sites for hydroxylation is 1. The zero-order valence-electron chi connectivity index (χ0n) is 12.3. The Kier molecular flexibility index (Phi) is 4.82. The van der Waals surface area contributed by atoms with Crippen molar-refractivity contribution in [1.29, 1.82) is 0 Å². The number of hydrogen-bond acceptors (Lipinski definition) is 4. The highest BCUT2D eigenvalue weighted by molar-refractivity contribution is 6.01. The molecule has 1 aliphatic carbocycles. The van der Waals surface area contributed by atoms with Crippen molar-refractivity contribution in [3.63, 3.8) is 0 Å². The Balaban J connectivity index is 2.39. The van der Waals surface area contributed by atoms with Crippen LogP contribution < -0.4 is 10.6 Å². The summed E-state index contributed by atoms with van der Waals surface area (Å²) in [5.74, 6) is 0.969. The van der Waals surface area contributed by atoms with E-state index < -0.39 is 0 Å². The Hall–Kier alpha value is -1.78. The summed E-state index contributed by atoms with van der Waals surface area (Å²) in [6.45, 7) is 4.98. The SMILES string of the molecule is CCN(c1nc(C)ccc1C(N)=NO)C1CCCCC1. The quantitative estimate of drug-likeness (QED) is 0.384. The van der Waals surface area contributed by atoms with E-state index in [-0.39, 0.29) is 5.84 Å². The first-order valence-electron chi connectivity index (χ1n) is 7.39. The zero-order chi connectivity index (χ0) is 14.5. The fraction of sp³-hybridized carbons (Fsp3) is 0.600. The molecule has 1 fully saturated rings. The van der Waals surface area contributed by atoms with Crippen LogP contribution in [0.5, 0.6) is 0 Å². The smallest absolute Gasteiger partial charge is 0.173 e. The van der Waals surface area contributed by atoms with Crippen LogP contribution in [0, 0.1) is 6.92 Å². The van der Waals surface area contributed by atoms with Gasteiger partial charge >= 0.3 is 0 Å². The lowest BCUT2D eigenvalue weighted by Gasteiger charge is -2.35. The number of amidine groups is 1. The average Bonchev–Trinajstić information content (AvgIpc) is 2.48. The number of rotatable bonds is 4. The molecule has 0 radical (unpaired) electrons. The highest BCUT2D eigenvalue weighted by atomic mass is 16.4. The molecule has 1 aromatic heterocycles. The number of aromatic nitrogens is 1. The minimum atomic E-state index is 0.127. The molecule has 1 aliphatic rings. The topological polar surface area (TPSA) is 74.7 Å². The van der Waals surface area contributed by atoms with Crippen molar-refractivity contribution in [3.05, 3.63) is 23.4 Å². The van der Waals surface area contributed by atoms with Gasteiger partial charge in [-0.2, -0.15) is 0 Å². The maximum absolute atomic E-state index is 8.96. The van der Waals surface area contributed by atoms with Crippen LogP contribution in [-0.2, 0) is 0 Å². The number of nitrogens with zero attached hydrogens (tertiary/aromatic N) is 3. The standard InChI is InChI=1S/C15H24N4O/c1-3-19(12-7-5-4-6-8-12)15-13(14(16)18-20)10-9-11(2)17-15/h9-10,12,20H,3-8H2,1-2H3,(H2,16,18). The van der Waals surface area contributed by atoms with Gasteiger partial charge in [-0.05, 0) is 38.8 Å². The second-order valence-electron chi connectivity index (χ2n) is 5.39. The number of oxime groups is 1. The predicted molar refractivity (Wildman–Crippen MR) is 81.4 cm³/mol. The Morgan fingerprint density at radius 3 is 2.70 bits per heavy atom. The van der Waals surface area contributed by atoms with Gasteiger partial charge in [-0.1, -0.05) is 24.4 Å². The van der Waals surface area contributed by atoms with E-state index in [2.05, 4.69) is 22.0 Å². The molecule has 0 spiro atoms. The monoisotopic (exact) mass is 276 g/mol. The van der Waals surface area contributed by atoms with Gasteiger partial charge in [-0.15, -0.1) is 0 Å². The first kappa shape index (κ1) is 14.6. The van der Waals surface area contributed by atoms with Crippen molar-refractivity contribution >= 4 is 11.7 Å². The van der Waals surface area contributed by atoms with E-state index in [0.29, 0.717) is 11.6 Å². The van der Waals surface area contributed by atoms with Crippen LogP contribution in [0.4, 0.5) is 5.82 Å². The lowest BCUT2D eigenvalue weighted by Crippen LogP contribution is -2.38. The Labute approximate surface area is 120 Å². The predicted octanol–water partition coefficient (Wildman–Crippen LogP) is 2.64. The number of nitrogens with two attached hydrogens (primary N) is 1.